The van der Waals surface area contributed by atoms with Crippen molar-refractivity contribution in [2.45, 2.75) is 20.8 Å². The van der Waals surface area contributed by atoms with E-state index in [2.05, 4.69) is 15.8 Å². The van der Waals surface area contributed by atoms with Crippen molar-refractivity contribution in [1.29, 1.82) is 0 Å². The molecule has 0 saturated heterocycles. The second kappa shape index (κ2) is 5.56. The minimum atomic E-state index is -0.212. The number of hydrogen-bond donors (Lipinski definition) is 2. The van der Waals surface area contributed by atoms with Crippen LogP contribution in [0.4, 0.5) is 11.6 Å². The van der Waals surface area contributed by atoms with E-state index in [0.717, 1.165) is 23.5 Å². The van der Waals surface area contributed by atoms with E-state index in [1.807, 2.05) is 32.0 Å². The normalized spacial score (nSPS) is 10.3. The molecule has 19 heavy (non-hydrogen) atoms. The van der Waals surface area contributed by atoms with Crippen LogP contribution in [0.25, 0.3) is 0 Å². The van der Waals surface area contributed by atoms with Gasteiger partial charge in [-0.25, -0.2) is 0 Å². The molecule has 5 heteroatoms. The summed E-state index contributed by atoms with van der Waals surface area (Å²) in [4.78, 5) is 12.2. The number of rotatable bonds is 4. The van der Waals surface area contributed by atoms with E-state index in [1.165, 1.54) is 0 Å². The van der Waals surface area contributed by atoms with Crippen molar-refractivity contribution in [1.82, 2.24) is 5.16 Å². The molecule has 100 valence electrons. The van der Waals surface area contributed by atoms with Crippen molar-refractivity contribution < 1.29 is 9.32 Å². The van der Waals surface area contributed by atoms with E-state index in [9.17, 15) is 4.79 Å². The van der Waals surface area contributed by atoms with E-state index in [1.54, 1.807) is 13.0 Å². The molecule has 0 aliphatic carbocycles. The highest BCUT2D eigenvalue weighted by Gasteiger charge is 2.13. The fourth-order valence-electron chi connectivity index (χ4n) is 1.79. The number of amides is 1. The number of benzene rings is 1. The number of aromatic nitrogens is 1. The zero-order chi connectivity index (χ0) is 13.8. The van der Waals surface area contributed by atoms with Gasteiger partial charge in [-0.05, 0) is 32.9 Å². The van der Waals surface area contributed by atoms with Gasteiger partial charge in [-0.2, -0.15) is 0 Å². The SMILES string of the molecule is CCNc1ccc(C)cc1C(=O)Nc1cc(C)no1. The lowest BCUT2D eigenvalue weighted by atomic mass is 10.1. The summed E-state index contributed by atoms with van der Waals surface area (Å²) in [5, 5.41) is 9.60. The van der Waals surface area contributed by atoms with Crippen LogP contribution in [0.2, 0.25) is 0 Å². The molecule has 1 aromatic carbocycles. The third-order valence-corrected chi connectivity index (χ3v) is 2.65. The lowest BCUT2D eigenvalue weighted by Crippen LogP contribution is -2.14. The maximum absolute atomic E-state index is 12.2. The number of anilines is 2. The van der Waals surface area contributed by atoms with Crippen molar-refractivity contribution in [3.8, 4) is 0 Å². The van der Waals surface area contributed by atoms with E-state index in [4.69, 9.17) is 4.52 Å². The Balaban J connectivity index is 2.24. The molecule has 2 rings (SSSR count). The molecule has 1 aromatic heterocycles. The molecule has 0 atom stereocenters. The average Bonchev–Trinajstić information content (AvgIpc) is 2.77. The molecule has 5 nitrogen and oxygen atoms in total. The first kappa shape index (κ1) is 13.1. The van der Waals surface area contributed by atoms with E-state index in [-0.39, 0.29) is 5.91 Å². The maximum Gasteiger partial charge on any atom is 0.260 e. The number of nitrogens with zero attached hydrogens (tertiary/aromatic N) is 1. The van der Waals surface area contributed by atoms with Crippen LogP contribution in [0, 0.1) is 13.8 Å². The smallest absolute Gasteiger partial charge is 0.260 e. The number of nitrogens with one attached hydrogen (secondary N) is 2. The maximum atomic E-state index is 12.2. The summed E-state index contributed by atoms with van der Waals surface area (Å²) in [5.41, 5.74) is 3.16. The van der Waals surface area contributed by atoms with Crippen LogP contribution in [0.15, 0.2) is 28.8 Å². The molecular weight excluding hydrogens is 242 g/mol. The van der Waals surface area contributed by atoms with Crippen LogP contribution in [0.3, 0.4) is 0 Å². The first-order valence-electron chi connectivity index (χ1n) is 6.19. The molecule has 0 saturated carbocycles. The summed E-state index contributed by atoms with van der Waals surface area (Å²) in [6.45, 7) is 6.49. The zero-order valence-electron chi connectivity index (χ0n) is 11.3. The molecule has 1 heterocycles. The molecule has 1 amide bonds. The van der Waals surface area contributed by atoms with E-state index >= 15 is 0 Å². The third-order valence-electron chi connectivity index (χ3n) is 2.65. The van der Waals surface area contributed by atoms with Gasteiger partial charge in [0.1, 0.15) is 0 Å². The summed E-state index contributed by atoms with van der Waals surface area (Å²) in [5.74, 6) is 0.141. The zero-order valence-corrected chi connectivity index (χ0v) is 11.3. The highest BCUT2D eigenvalue weighted by Crippen LogP contribution is 2.19. The van der Waals surface area contributed by atoms with Crippen molar-refractivity contribution in [3.63, 3.8) is 0 Å². The molecule has 0 bridgehead atoms. The Hall–Kier alpha value is -2.30. The van der Waals surface area contributed by atoms with Crippen LogP contribution in [0.1, 0.15) is 28.5 Å². The largest absolute Gasteiger partial charge is 0.385 e. The molecule has 2 N–H and O–H groups in total. The van der Waals surface area contributed by atoms with Crippen molar-refractivity contribution in [2.75, 3.05) is 17.2 Å². The number of carbonyl (C=O) groups excluding carboxylic acids is 1. The Bertz CT molecular complexity index is 590. The second-order valence-corrected chi connectivity index (χ2v) is 4.37. The van der Waals surface area contributed by atoms with Gasteiger partial charge >= 0.3 is 0 Å². The average molecular weight is 259 g/mol. The Morgan fingerprint density at radius 1 is 1.32 bits per heavy atom. The summed E-state index contributed by atoms with van der Waals surface area (Å²) >= 11 is 0. The fourth-order valence-corrected chi connectivity index (χ4v) is 1.79. The fraction of sp³-hybridized carbons (Fsp3) is 0.286. The van der Waals surface area contributed by atoms with Gasteiger partial charge in [-0.15, -0.1) is 0 Å². The standard InChI is InChI=1S/C14H17N3O2/c1-4-15-12-6-5-9(2)7-11(12)14(18)16-13-8-10(3)17-19-13/h5-8,15H,4H2,1-3H3,(H,16,18). The molecule has 0 unspecified atom stereocenters. The van der Waals surface area contributed by atoms with Crippen LogP contribution in [0.5, 0.6) is 0 Å². The molecule has 0 fully saturated rings. The predicted octanol–water partition coefficient (Wildman–Crippen LogP) is 2.98. The molecular formula is C14H17N3O2. The van der Waals surface area contributed by atoms with Crippen molar-refractivity contribution in [3.05, 3.63) is 41.1 Å². The van der Waals surface area contributed by atoms with E-state index in [0.29, 0.717) is 11.4 Å². The number of aryl methyl sites for hydroxylation is 2. The summed E-state index contributed by atoms with van der Waals surface area (Å²) in [6, 6.07) is 7.39. The second-order valence-electron chi connectivity index (χ2n) is 4.37. The van der Waals surface area contributed by atoms with Gasteiger partial charge < -0.3 is 9.84 Å². The van der Waals surface area contributed by atoms with Gasteiger partial charge in [0.25, 0.3) is 5.91 Å². The Kier molecular flexibility index (Phi) is 3.85. The Morgan fingerprint density at radius 3 is 2.74 bits per heavy atom. The Labute approximate surface area is 112 Å². The molecule has 0 aliphatic heterocycles. The minimum absolute atomic E-state index is 0.212. The van der Waals surface area contributed by atoms with Crippen LogP contribution in [-0.4, -0.2) is 17.6 Å². The van der Waals surface area contributed by atoms with Gasteiger partial charge in [0, 0.05) is 18.3 Å². The lowest BCUT2D eigenvalue weighted by Gasteiger charge is -2.10. The highest BCUT2D eigenvalue weighted by molar-refractivity contribution is 6.07. The van der Waals surface area contributed by atoms with Crippen LogP contribution >= 0.6 is 0 Å². The number of hydrogen-bond acceptors (Lipinski definition) is 4. The Morgan fingerprint density at radius 2 is 2.11 bits per heavy atom. The third kappa shape index (κ3) is 3.13. The molecule has 0 spiro atoms. The van der Waals surface area contributed by atoms with Gasteiger partial charge in [0.2, 0.25) is 5.88 Å². The summed E-state index contributed by atoms with van der Waals surface area (Å²) in [6.07, 6.45) is 0. The van der Waals surface area contributed by atoms with Crippen molar-refractivity contribution in [2.24, 2.45) is 0 Å². The monoisotopic (exact) mass is 259 g/mol. The first-order chi connectivity index (χ1) is 9.10. The predicted molar refractivity (Wildman–Crippen MR) is 74.5 cm³/mol. The van der Waals surface area contributed by atoms with Crippen LogP contribution in [-0.2, 0) is 0 Å². The van der Waals surface area contributed by atoms with Gasteiger partial charge in [-0.3, -0.25) is 10.1 Å². The molecule has 0 radical (unpaired) electrons. The molecule has 2 aromatic rings. The van der Waals surface area contributed by atoms with E-state index < -0.39 is 0 Å². The lowest BCUT2D eigenvalue weighted by molar-refractivity contribution is 0.102. The topological polar surface area (TPSA) is 67.2 Å². The first-order valence-corrected chi connectivity index (χ1v) is 6.19. The van der Waals surface area contributed by atoms with Crippen LogP contribution < -0.4 is 10.6 Å². The summed E-state index contributed by atoms with van der Waals surface area (Å²) < 4.78 is 4.98. The minimum Gasteiger partial charge on any atom is -0.385 e. The van der Waals surface area contributed by atoms with Gasteiger partial charge in [-0.1, -0.05) is 16.8 Å². The van der Waals surface area contributed by atoms with Gasteiger partial charge in [0.05, 0.1) is 11.3 Å². The number of carbonyl (C=O) groups is 1. The molecule has 0 aliphatic rings. The quantitative estimate of drug-likeness (QED) is 0.885. The highest BCUT2D eigenvalue weighted by atomic mass is 16.5. The summed E-state index contributed by atoms with van der Waals surface area (Å²) in [7, 11) is 0. The van der Waals surface area contributed by atoms with Gasteiger partial charge in [0.15, 0.2) is 0 Å². The van der Waals surface area contributed by atoms with Crippen molar-refractivity contribution >= 4 is 17.5 Å².